The Morgan fingerprint density at radius 3 is 2.03 bits per heavy atom. The van der Waals surface area contributed by atoms with Crippen molar-refractivity contribution >= 4 is 5.97 Å². The van der Waals surface area contributed by atoms with Crippen LogP contribution in [0.15, 0.2) is 24.3 Å². The molecule has 2 heterocycles. The van der Waals surface area contributed by atoms with E-state index in [1.807, 2.05) is 0 Å². The molecule has 10 atom stereocenters. The summed E-state index contributed by atoms with van der Waals surface area (Å²) in [5.74, 6) is -0.760. The predicted octanol–water partition coefficient (Wildman–Crippen LogP) is -3.52. The molecule has 13 nitrogen and oxygen atoms in total. The molecule has 2 fully saturated rings. The van der Waals surface area contributed by atoms with Crippen LogP contribution in [0.2, 0.25) is 0 Å². The predicted molar refractivity (Wildman–Crippen MR) is 105 cm³/mol. The quantitative estimate of drug-likeness (QED) is 0.191. The van der Waals surface area contributed by atoms with Gasteiger partial charge in [-0.25, -0.2) is 4.79 Å². The summed E-state index contributed by atoms with van der Waals surface area (Å²) in [6, 6.07) is 5.92. The van der Waals surface area contributed by atoms with Gasteiger partial charge in [-0.15, -0.1) is 0 Å². The molecular weight excluding hydrogens is 448 g/mol. The van der Waals surface area contributed by atoms with Crippen LogP contribution >= 0.6 is 0 Å². The molecular formula is C20H28O13. The molecule has 13 heteroatoms. The topological polar surface area (TPSA) is 205 Å². The minimum atomic E-state index is -1.80. The second-order valence-electron chi connectivity index (χ2n) is 7.61. The van der Waals surface area contributed by atoms with Crippen molar-refractivity contribution in [3.8, 4) is 5.75 Å². The van der Waals surface area contributed by atoms with E-state index in [1.54, 1.807) is 12.1 Å². The molecule has 7 N–H and O–H groups in total. The van der Waals surface area contributed by atoms with Crippen LogP contribution in [0.3, 0.4) is 0 Å². The van der Waals surface area contributed by atoms with Crippen molar-refractivity contribution in [1.29, 1.82) is 0 Å². The minimum absolute atomic E-state index is 0.0105. The first-order valence-corrected chi connectivity index (χ1v) is 10.2. The highest BCUT2D eigenvalue weighted by Crippen LogP contribution is 2.31. The molecule has 0 saturated carbocycles. The van der Waals surface area contributed by atoms with Gasteiger partial charge in [0.15, 0.2) is 12.4 Å². The molecule has 2 aliphatic heterocycles. The Kier molecular flexibility index (Phi) is 8.58. The number of ether oxygens (including phenoxy) is 5. The van der Waals surface area contributed by atoms with Crippen molar-refractivity contribution in [2.75, 3.05) is 20.3 Å². The van der Waals surface area contributed by atoms with Gasteiger partial charge in [0.1, 0.15) is 54.0 Å². The largest absolute Gasteiger partial charge is 0.465 e. The molecule has 3 rings (SSSR count). The number of esters is 1. The van der Waals surface area contributed by atoms with Gasteiger partial charge in [0.05, 0.1) is 20.3 Å². The summed E-state index contributed by atoms with van der Waals surface area (Å²) in [5.41, 5.74) is 0.0105. The highest BCUT2D eigenvalue weighted by Gasteiger charge is 2.51. The smallest absolute Gasteiger partial charge is 0.341 e. The highest BCUT2D eigenvalue weighted by molar-refractivity contribution is 5.92. The lowest BCUT2D eigenvalue weighted by molar-refractivity contribution is -0.357. The lowest BCUT2D eigenvalue weighted by Crippen LogP contribution is -2.65. The first-order valence-electron chi connectivity index (χ1n) is 10.2. The fraction of sp³-hybridized carbons (Fsp3) is 0.650. The second-order valence-corrected chi connectivity index (χ2v) is 7.61. The van der Waals surface area contributed by atoms with Crippen molar-refractivity contribution in [1.82, 2.24) is 0 Å². The van der Waals surface area contributed by atoms with Crippen molar-refractivity contribution in [2.24, 2.45) is 0 Å². The molecule has 2 aliphatic rings. The zero-order valence-electron chi connectivity index (χ0n) is 17.6. The van der Waals surface area contributed by atoms with E-state index in [0.717, 1.165) is 0 Å². The lowest BCUT2D eigenvalue weighted by Gasteiger charge is -2.45. The minimum Gasteiger partial charge on any atom is -0.465 e. The normalized spacial score (nSPS) is 39.2. The molecule has 33 heavy (non-hydrogen) atoms. The number of aliphatic hydroxyl groups excluding tert-OH is 7. The number of methoxy groups -OCH3 is 1. The number of carbonyl (C=O) groups is 1. The van der Waals surface area contributed by atoms with Crippen LogP contribution in [0.4, 0.5) is 0 Å². The summed E-state index contributed by atoms with van der Waals surface area (Å²) < 4.78 is 26.8. The SMILES string of the molecule is COC(=O)c1ccccc1O[C@@H]1O[C@@H](CO)[C@@H](O)[C@@H](O)[C@H]1O[C@@H]1O[C@@H](CO)[C@@H](O)[C@@H](O)[C@H]1O. The van der Waals surface area contributed by atoms with E-state index in [-0.39, 0.29) is 11.3 Å². The third kappa shape index (κ3) is 5.27. The third-order valence-electron chi connectivity index (χ3n) is 5.50. The maximum absolute atomic E-state index is 12.1. The van der Waals surface area contributed by atoms with Gasteiger partial charge in [-0.1, -0.05) is 12.1 Å². The Morgan fingerprint density at radius 2 is 1.42 bits per heavy atom. The van der Waals surface area contributed by atoms with E-state index in [1.165, 1.54) is 19.2 Å². The second kappa shape index (κ2) is 11.0. The van der Waals surface area contributed by atoms with Gasteiger partial charge in [0.25, 0.3) is 0 Å². The van der Waals surface area contributed by atoms with Gasteiger partial charge in [-0.3, -0.25) is 0 Å². The Labute approximate surface area is 188 Å². The number of hydrogen-bond acceptors (Lipinski definition) is 13. The highest BCUT2D eigenvalue weighted by atomic mass is 16.8. The summed E-state index contributed by atoms with van der Waals surface area (Å²) in [6.07, 6.45) is -15.9. The van der Waals surface area contributed by atoms with Gasteiger partial charge in [0, 0.05) is 0 Å². The first-order chi connectivity index (χ1) is 15.7. The molecule has 0 amide bonds. The average Bonchev–Trinajstić information content (AvgIpc) is 2.83. The Morgan fingerprint density at radius 1 is 0.848 bits per heavy atom. The number of para-hydroxylation sites is 1. The van der Waals surface area contributed by atoms with Crippen LogP contribution in [0.25, 0.3) is 0 Å². The Hall–Kier alpha value is -1.91. The molecule has 0 unspecified atom stereocenters. The van der Waals surface area contributed by atoms with E-state index in [2.05, 4.69) is 0 Å². The first kappa shape index (κ1) is 25.7. The van der Waals surface area contributed by atoms with Crippen LogP contribution in [0.5, 0.6) is 5.75 Å². The Bertz CT molecular complexity index is 789. The fourth-order valence-corrected chi connectivity index (χ4v) is 3.60. The van der Waals surface area contributed by atoms with Crippen LogP contribution < -0.4 is 4.74 Å². The lowest BCUT2D eigenvalue weighted by atomic mass is 9.97. The fourth-order valence-electron chi connectivity index (χ4n) is 3.60. The summed E-state index contributed by atoms with van der Waals surface area (Å²) >= 11 is 0. The van der Waals surface area contributed by atoms with Crippen molar-refractivity contribution in [3.05, 3.63) is 29.8 Å². The van der Waals surface area contributed by atoms with Gasteiger partial charge in [0.2, 0.25) is 6.29 Å². The van der Waals surface area contributed by atoms with Crippen LogP contribution in [-0.2, 0) is 18.9 Å². The standard InChI is InChI=1S/C20H28O13/c1-29-18(28)8-4-2-3-5-9(8)30-20-17(15(26)13(24)11(7-22)32-20)33-19-16(27)14(25)12(23)10(6-21)31-19/h2-5,10-17,19-27H,6-7H2,1H3/t10-,11-,12+,13+,14+,15+,16+,17+,19-,20+/m0/s1. The van der Waals surface area contributed by atoms with E-state index in [0.29, 0.717) is 0 Å². The molecule has 2 saturated heterocycles. The Balaban J connectivity index is 1.88. The van der Waals surface area contributed by atoms with Crippen molar-refractivity contribution < 1.29 is 64.2 Å². The summed E-state index contributed by atoms with van der Waals surface area (Å²) in [5, 5.41) is 70.0. The molecule has 0 aliphatic carbocycles. The molecule has 0 aromatic heterocycles. The maximum Gasteiger partial charge on any atom is 0.341 e. The van der Waals surface area contributed by atoms with Crippen LogP contribution in [-0.4, -0.2) is 123 Å². The zero-order valence-corrected chi connectivity index (χ0v) is 17.6. The molecule has 186 valence electrons. The van der Waals surface area contributed by atoms with Gasteiger partial charge >= 0.3 is 5.97 Å². The van der Waals surface area contributed by atoms with E-state index in [9.17, 15) is 40.5 Å². The summed E-state index contributed by atoms with van der Waals surface area (Å²) in [7, 11) is 1.17. The summed E-state index contributed by atoms with van der Waals surface area (Å²) in [6.45, 7) is -1.40. The number of hydrogen-bond donors (Lipinski definition) is 7. The molecule has 0 radical (unpaired) electrons. The van der Waals surface area contributed by atoms with E-state index >= 15 is 0 Å². The summed E-state index contributed by atoms with van der Waals surface area (Å²) in [4.78, 5) is 12.1. The third-order valence-corrected chi connectivity index (χ3v) is 5.50. The van der Waals surface area contributed by atoms with E-state index < -0.39 is 80.6 Å². The number of aliphatic hydroxyl groups is 7. The van der Waals surface area contributed by atoms with Crippen molar-refractivity contribution in [2.45, 2.75) is 61.4 Å². The number of carbonyl (C=O) groups excluding carboxylic acids is 1. The number of benzene rings is 1. The molecule has 1 aromatic carbocycles. The molecule has 0 spiro atoms. The van der Waals surface area contributed by atoms with Crippen LogP contribution in [0, 0.1) is 0 Å². The number of rotatable bonds is 7. The van der Waals surface area contributed by atoms with Gasteiger partial charge < -0.3 is 59.4 Å². The molecule has 1 aromatic rings. The zero-order chi connectivity index (χ0) is 24.3. The average molecular weight is 476 g/mol. The van der Waals surface area contributed by atoms with E-state index in [4.69, 9.17) is 23.7 Å². The van der Waals surface area contributed by atoms with Crippen molar-refractivity contribution in [3.63, 3.8) is 0 Å². The van der Waals surface area contributed by atoms with Gasteiger partial charge in [-0.2, -0.15) is 0 Å². The maximum atomic E-state index is 12.1. The monoisotopic (exact) mass is 476 g/mol. The molecule has 0 bridgehead atoms. The van der Waals surface area contributed by atoms with Gasteiger partial charge in [-0.05, 0) is 12.1 Å². The van der Waals surface area contributed by atoms with Crippen LogP contribution in [0.1, 0.15) is 10.4 Å².